The zero-order chi connectivity index (χ0) is 15.6. The molecule has 1 aromatic carbocycles. The van der Waals surface area contributed by atoms with E-state index in [1.165, 1.54) is 31.1 Å². The highest BCUT2D eigenvalue weighted by Gasteiger charge is 2.25. The number of carbonyl (C=O) groups is 2. The second kappa shape index (κ2) is 5.82. The Labute approximate surface area is 122 Å². The molecule has 1 aliphatic rings. The molecule has 0 unspecified atom stereocenters. The van der Waals surface area contributed by atoms with Crippen molar-refractivity contribution in [1.82, 2.24) is 4.72 Å². The SMILES string of the molecule is COC(=O)CNS(=O)(=O)c1ccc2c(c1)N(C(C)=O)CC2. The first-order valence-corrected chi connectivity index (χ1v) is 7.81. The molecular formula is C13H16N2O5S. The highest BCUT2D eigenvalue weighted by atomic mass is 32.2. The fourth-order valence-electron chi connectivity index (χ4n) is 2.16. The first-order valence-electron chi connectivity index (χ1n) is 6.32. The lowest BCUT2D eigenvalue weighted by Crippen LogP contribution is -2.30. The normalized spacial score (nSPS) is 13.9. The maximum absolute atomic E-state index is 12.1. The average molecular weight is 312 g/mol. The van der Waals surface area contributed by atoms with Crippen LogP contribution in [0, 0.1) is 0 Å². The van der Waals surface area contributed by atoms with Crippen molar-refractivity contribution in [2.75, 3.05) is 25.1 Å². The molecule has 0 bridgehead atoms. The van der Waals surface area contributed by atoms with Crippen LogP contribution >= 0.6 is 0 Å². The minimum Gasteiger partial charge on any atom is -0.468 e. The Hall–Kier alpha value is -1.93. The van der Waals surface area contributed by atoms with Gasteiger partial charge in [0.05, 0.1) is 12.0 Å². The maximum atomic E-state index is 12.1. The molecule has 0 aliphatic carbocycles. The minimum absolute atomic E-state index is 0.0123. The number of hydrogen-bond donors (Lipinski definition) is 1. The van der Waals surface area contributed by atoms with Gasteiger partial charge in [-0.3, -0.25) is 9.59 Å². The highest BCUT2D eigenvalue weighted by molar-refractivity contribution is 7.89. The van der Waals surface area contributed by atoms with Crippen LogP contribution in [0.25, 0.3) is 0 Å². The molecule has 7 nitrogen and oxygen atoms in total. The van der Waals surface area contributed by atoms with Gasteiger partial charge >= 0.3 is 5.97 Å². The van der Waals surface area contributed by atoms with Crippen molar-refractivity contribution in [1.29, 1.82) is 0 Å². The molecule has 0 aromatic heterocycles. The molecule has 0 radical (unpaired) electrons. The van der Waals surface area contributed by atoms with Gasteiger partial charge < -0.3 is 9.64 Å². The van der Waals surface area contributed by atoms with Crippen molar-refractivity contribution in [2.45, 2.75) is 18.2 Å². The fourth-order valence-corrected chi connectivity index (χ4v) is 3.15. The van der Waals surface area contributed by atoms with Crippen LogP contribution in [-0.2, 0) is 30.8 Å². The summed E-state index contributed by atoms with van der Waals surface area (Å²) in [6.07, 6.45) is 0.699. The lowest BCUT2D eigenvalue weighted by Gasteiger charge is -2.15. The Bertz CT molecular complexity index is 684. The summed E-state index contributed by atoms with van der Waals surface area (Å²) in [4.78, 5) is 24.1. The van der Waals surface area contributed by atoms with E-state index in [-0.39, 0.29) is 10.8 Å². The standard InChI is InChI=1S/C13H16N2O5S/c1-9(16)15-6-5-10-3-4-11(7-12(10)15)21(18,19)14-8-13(17)20-2/h3-4,7,14H,5-6,8H2,1-2H3. The Morgan fingerprint density at radius 1 is 1.38 bits per heavy atom. The van der Waals surface area contributed by atoms with Crippen molar-refractivity contribution in [3.63, 3.8) is 0 Å². The molecule has 21 heavy (non-hydrogen) atoms. The third-order valence-electron chi connectivity index (χ3n) is 3.28. The molecule has 8 heteroatoms. The van der Waals surface area contributed by atoms with Crippen molar-refractivity contribution >= 4 is 27.6 Å². The van der Waals surface area contributed by atoms with Gasteiger partial charge in [0, 0.05) is 19.2 Å². The summed E-state index contributed by atoms with van der Waals surface area (Å²) in [6.45, 7) is 1.54. The first-order chi connectivity index (χ1) is 9.85. The number of methoxy groups -OCH3 is 1. The summed E-state index contributed by atoms with van der Waals surface area (Å²) in [5, 5.41) is 0. The molecule has 114 valence electrons. The van der Waals surface area contributed by atoms with Crippen LogP contribution in [0.1, 0.15) is 12.5 Å². The molecule has 0 atom stereocenters. The van der Waals surface area contributed by atoms with Gasteiger partial charge in [-0.2, -0.15) is 4.72 Å². The predicted molar refractivity (Wildman–Crippen MR) is 75.4 cm³/mol. The van der Waals surface area contributed by atoms with Crippen molar-refractivity contribution in [3.05, 3.63) is 23.8 Å². The second-order valence-electron chi connectivity index (χ2n) is 4.61. The Morgan fingerprint density at radius 2 is 2.10 bits per heavy atom. The quantitative estimate of drug-likeness (QED) is 0.793. The van der Waals surface area contributed by atoms with Crippen LogP contribution in [0.3, 0.4) is 0 Å². The lowest BCUT2D eigenvalue weighted by molar-refractivity contribution is -0.139. The van der Waals surface area contributed by atoms with Crippen LogP contribution in [-0.4, -0.2) is 40.5 Å². The van der Waals surface area contributed by atoms with E-state index >= 15 is 0 Å². The molecule has 0 fully saturated rings. The fraction of sp³-hybridized carbons (Fsp3) is 0.385. The Kier molecular flexibility index (Phi) is 4.29. The van der Waals surface area contributed by atoms with Crippen LogP contribution < -0.4 is 9.62 Å². The van der Waals surface area contributed by atoms with Crippen LogP contribution in [0.5, 0.6) is 0 Å². The van der Waals surface area contributed by atoms with Crippen molar-refractivity contribution in [3.8, 4) is 0 Å². The number of amides is 1. The van der Waals surface area contributed by atoms with Gasteiger partial charge in [-0.05, 0) is 24.1 Å². The number of rotatable bonds is 4. The van der Waals surface area contributed by atoms with E-state index in [0.717, 1.165) is 5.56 Å². The number of carbonyl (C=O) groups excluding carboxylic acids is 2. The van der Waals surface area contributed by atoms with Gasteiger partial charge in [0.15, 0.2) is 0 Å². The van der Waals surface area contributed by atoms with Gasteiger partial charge in [-0.25, -0.2) is 8.42 Å². The van der Waals surface area contributed by atoms with Crippen molar-refractivity contribution in [2.24, 2.45) is 0 Å². The van der Waals surface area contributed by atoms with E-state index in [9.17, 15) is 18.0 Å². The average Bonchev–Trinajstić information content (AvgIpc) is 2.87. The molecule has 0 saturated heterocycles. The Balaban J connectivity index is 2.27. The molecule has 1 aliphatic heterocycles. The number of ether oxygens (including phenoxy) is 1. The van der Waals surface area contributed by atoms with E-state index in [0.29, 0.717) is 18.7 Å². The van der Waals surface area contributed by atoms with Gasteiger partial charge in [-0.15, -0.1) is 0 Å². The number of nitrogens with zero attached hydrogens (tertiary/aromatic N) is 1. The minimum atomic E-state index is -3.82. The molecule has 0 spiro atoms. The van der Waals surface area contributed by atoms with Gasteiger partial charge in [0.25, 0.3) is 0 Å². The summed E-state index contributed by atoms with van der Waals surface area (Å²) in [7, 11) is -2.65. The van der Waals surface area contributed by atoms with Crippen LogP contribution in [0.15, 0.2) is 23.1 Å². The number of nitrogens with one attached hydrogen (secondary N) is 1. The molecule has 0 saturated carbocycles. The topological polar surface area (TPSA) is 92.8 Å². The smallest absolute Gasteiger partial charge is 0.320 e. The van der Waals surface area contributed by atoms with E-state index in [1.54, 1.807) is 6.07 Å². The summed E-state index contributed by atoms with van der Waals surface area (Å²) in [6, 6.07) is 4.59. The maximum Gasteiger partial charge on any atom is 0.320 e. The predicted octanol–water partition coefficient (Wildman–Crippen LogP) is 0.0469. The molecular weight excluding hydrogens is 296 g/mol. The van der Waals surface area contributed by atoms with Gasteiger partial charge in [0.1, 0.15) is 6.54 Å². The highest BCUT2D eigenvalue weighted by Crippen LogP contribution is 2.30. The first kappa shape index (κ1) is 15.5. The number of sulfonamides is 1. The van der Waals surface area contributed by atoms with Crippen LogP contribution in [0.2, 0.25) is 0 Å². The Morgan fingerprint density at radius 3 is 2.71 bits per heavy atom. The molecule has 1 N–H and O–H groups in total. The summed E-state index contributed by atoms with van der Waals surface area (Å²) in [5.74, 6) is -0.809. The van der Waals surface area contributed by atoms with E-state index < -0.39 is 22.5 Å². The van der Waals surface area contributed by atoms with E-state index in [4.69, 9.17) is 0 Å². The van der Waals surface area contributed by atoms with Crippen molar-refractivity contribution < 1.29 is 22.7 Å². The molecule has 1 amide bonds. The molecule has 1 heterocycles. The largest absolute Gasteiger partial charge is 0.468 e. The number of anilines is 1. The van der Waals surface area contributed by atoms with E-state index in [1.807, 2.05) is 0 Å². The second-order valence-corrected chi connectivity index (χ2v) is 6.38. The third-order valence-corrected chi connectivity index (χ3v) is 4.68. The van der Waals surface area contributed by atoms with Gasteiger partial charge in [0.2, 0.25) is 15.9 Å². The molecule has 2 rings (SSSR count). The monoisotopic (exact) mass is 312 g/mol. The van der Waals surface area contributed by atoms with Crippen LogP contribution in [0.4, 0.5) is 5.69 Å². The summed E-state index contributed by atoms with van der Waals surface area (Å²) in [5.41, 5.74) is 1.53. The number of benzene rings is 1. The number of esters is 1. The summed E-state index contributed by atoms with van der Waals surface area (Å²) >= 11 is 0. The number of fused-ring (bicyclic) bond motifs is 1. The molecule has 1 aromatic rings. The zero-order valence-electron chi connectivity index (χ0n) is 11.8. The number of hydrogen-bond acceptors (Lipinski definition) is 5. The van der Waals surface area contributed by atoms with E-state index in [2.05, 4.69) is 9.46 Å². The lowest BCUT2D eigenvalue weighted by atomic mass is 10.2. The summed E-state index contributed by atoms with van der Waals surface area (Å²) < 4.78 is 30.8. The zero-order valence-corrected chi connectivity index (χ0v) is 12.6. The third kappa shape index (κ3) is 3.22. The van der Waals surface area contributed by atoms with Gasteiger partial charge in [-0.1, -0.05) is 6.07 Å².